The van der Waals surface area contributed by atoms with E-state index in [0.717, 1.165) is 20.8 Å². The molecular weight excluding hydrogens is 221 g/mol. The van der Waals surface area contributed by atoms with E-state index in [1.54, 1.807) is 6.07 Å². The molecule has 0 saturated carbocycles. The molecule has 3 aromatic rings. The van der Waals surface area contributed by atoms with Gasteiger partial charge in [-0.3, -0.25) is 0 Å². The summed E-state index contributed by atoms with van der Waals surface area (Å²) in [5.41, 5.74) is 1.93. The van der Waals surface area contributed by atoms with Crippen LogP contribution in [0.25, 0.3) is 20.8 Å². The van der Waals surface area contributed by atoms with Crippen LogP contribution in [0.5, 0.6) is 0 Å². The monoisotopic (exact) mass is 229 g/mol. The van der Waals surface area contributed by atoms with Gasteiger partial charge in [0, 0.05) is 5.56 Å². The van der Waals surface area contributed by atoms with E-state index >= 15 is 0 Å². The maximum Gasteiger partial charge on any atom is 0.124 e. The Labute approximate surface area is 96.2 Å². The standard InChI is InChI=1S/C13H8FNS/c14-10-6-7-11-12(8-10)16-13(15-11)9-4-2-1-3-5-9/h1-8H. The highest BCUT2D eigenvalue weighted by Gasteiger charge is 2.05. The topological polar surface area (TPSA) is 12.9 Å². The fraction of sp³-hybridized carbons (Fsp3) is 0. The second-order valence-electron chi connectivity index (χ2n) is 3.50. The summed E-state index contributed by atoms with van der Waals surface area (Å²) >= 11 is 1.51. The average Bonchev–Trinajstić information content (AvgIpc) is 2.73. The van der Waals surface area contributed by atoms with Crippen LogP contribution >= 0.6 is 11.3 Å². The first-order chi connectivity index (χ1) is 7.83. The molecule has 3 rings (SSSR count). The molecule has 2 aromatic carbocycles. The molecule has 0 unspecified atom stereocenters. The summed E-state index contributed by atoms with van der Waals surface area (Å²) in [7, 11) is 0. The normalized spacial score (nSPS) is 10.8. The molecule has 0 N–H and O–H groups in total. The van der Waals surface area contributed by atoms with Gasteiger partial charge in [-0.15, -0.1) is 11.3 Å². The van der Waals surface area contributed by atoms with Crippen LogP contribution in [0.4, 0.5) is 4.39 Å². The number of fused-ring (bicyclic) bond motifs is 1. The lowest BCUT2D eigenvalue weighted by Crippen LogP contribution is -1.74. The van der Waals surface area contributed by atoms with Gasteiger partial charge in [-0.2, -0.15) is 0 Å². The largest absolute Gasteiger partial charge is 0.236 e. The molecule has 1 heterocycles. The quantitative estimate of drug-likeness (QED) is 0.612. The van der Waals surface area contributed by atoms with Crippen LogP contribution in [0.15, 0.2) is 48.5 Å². The molecule has 16 heavy (non-hydrogen) atoms. The summed E-state index contributed by atoms with van der Waals surface area (Å²) in [6, 6.07) is 14.6. The summed E-state index contributed by atoms with van der Waals surface area (Å²) in [5.74, 6) is -0.212. The first-order valence-electron chi connectivity index (χ1n) is 4.94. The lowest BCUT2D eigenvalue weighted by Gasteiger charge is -1.92. The van der Waals surface area contributed by atoms with Gasteiger partial charge in [0.25, 0.3) is 0 Å². The van der Waals surface area contributed by atoms with Crippen molar-refractivity contribution in [2.75, 3.05) is 0 Å². The zero-order valence-electron chi connectivity index (χ0n) is 8.35. The van der Waals surface area contributed by atoms with E-state index in [2.05, 4.69) is 4.98 Å². The van der Waals surface area contributed by atoms with Crippen LogP contribution in [0.1, 0.15) is 0 Å². The second kappa shape index (κ2) is 3.68. The minimum atomic E-state index is -0.212. The summed E-state index contributed by atoms with van der Waals surface area (Å²) in [5, 5.41) is 0.932. The number of hydrogen-bond acceptors (Lipinski definition) is 2. The SMILES string of the molecule is Fc1ccc2nc(-c3ccccc3)sc2c1. The van der Waals surface area contributed by atoms with E-state index in [1.807, 2.05) is 30.3 Å². The molecule has 0 radical (unpaired) electrons. The van der Waals surface area contributed by atoms with E-state index < -0.39 is 0 Å². The molecule has 1 nitrogen and oxygen atoms in total. The Hall–Kier alpha value is -1.74. The minimum Gasteiger partial charge on any atom is -0.236 e. The summed E-state index contributed by atoms with van der Waals surface area (Å²) < 4.78 is 13.9. The number of rotatable bonds is 1. The average molecular weight is 229 g/mol. The van der Waals surface area contributed by atoms with Crippen LogP contribution in [-0.2, 0) is 0 Å². The fourth-order valence-corrected chi connectivity index (χ4v) is 2.60. The van der Waals surface area contributed by atoms with Crippen LogP contribution in [0, 0.1) is 5.82 Å². The summed E-state index contributed by atoms with van der Waals surface area (Å²) in [4.78, 5) is 4.48. The summed E-state index contributed by atoms with van der Waals surface area (Å²) in [6.07, 6.45) is 0. The van der Waals surface area contributed by atoms with Crippen molar-refractivity contribution in [1.82, 2.24) is 4.98 Å². The molecule has 0 amide bonds. The Morgan fingerprint density at radius 3 is 2.62 bits per heavy atom. The maximum atomic E-state index is 13.0. The number of benzene rings is 2. The lowest BCUT2D eigenvalue weighted by molar-refractivity contribution is 0.630. The van der Waals surface area contributed by atoms with E-state index in [9.17, 15) is 4.39 Å². The third kappa shape index (κ3) is 1.59. The van der Waals surface area contributed by atoms with Gasteiger partial charge in [0.15, 0.2) is 0 Å². The van der Waals surface area contributed by atoms with Crippen molar-refractivity contribution in [1.29, 1.82) is 0 Å². The molecule has 0 aliphatic heterocycles. The van der Waals surface area contributed by atoms with Gasteiger partial charge in [0.2, 0.25) is 0 Å². The Morgan fingerprint density at radius 2 is 1.81 bits per heavy atom. The highest BCUT2D eigenvalue weighted by molar-refractivity contribution is 7.21. The third-order valence-electron chi connectivity index (χ3n) is 2.37. The first kappa shape index (κ1) is 9.48. The van der Waals surface area contributed by atoms with Gasteiger partial charge in [0.1, 0.15) is 10.8 Å². The molecule has 0 atom stereocenters. The number of aromatic nitrogens is 1. The third-order valence-corrected chi connectivity index (χ3v) is 3.44. The highest BCUT2D eigenvalue weighted by Crippen LogP contribution is 2.30. The van der Waals surface area contributed by atoms with Crippen molar-refractivity contribution in [3.05, 3.63) is 54.3 Å². The first-order valence-corrected chi connectivity index (χ1v) is 5.76. The van der Waals surface area contributed by atoms with Crippen LogP contribution < -0.4 is 0 Å². The Morgan fingerprint density at radius 1 is 1.00 bits per heavy atom. The molecule has 0 saturated heterocycles. The van der Waals surface area contributed by atoms with Gasteiger partial charge in [0.05, 0.1) is 10.2 Å². The summed E-state index contributed by atoms with van der Waals surface area (Å²) in [6.45, 7) is 0. The van der Waals surface area contributed by atoms with Crippen molar-refractivity contribution in [3.8, 4) is 10.6 Å². The lowest BCUT2D eigenvalue weighted by atomic mass is 10.2. The Balaban J connectivity index is 2.19. The number of halogens is 1. The number of hydrogen-bond donors (Lipinski definition) is 0. The zero-order chi connectivity index (χ0) is 11.0. The van der Waals surface area contributed by atoms with Crippen molar-refractivity contribution in [3.63, 3.8) is 0 Å². The predicted molar refractivity (Wildman–Crippen MR) is 65.0 cm³/mol. The van der Waals surface area contributed by atoms with E-state index in [-0.39, 0.29) is 5.82 Å². The van der Waals surface area contributed by atoms with Gasteiger partial charge in [-0.25, -0.2) is 9.37 Å². The molecule has 1 aromatic heterocycles. The van der Waals surface area contributed by atoms with Crippen molar-refractivity contribution in [2.45, 2.75) is 0 Å². The Bertz CT molecular complexity index is 631. The van der Waals surface area contributed by atoms with Crippen molar-refractivity contribution < 1.29 is 4.39 Å². The molecule has 0 aliphatic carbocycles. The molecule has 78 valence electrons. The predicted octanol–water partition coefficient (Wildman–Crippen LogP) is 4.10. The van der Waals surface area contributed by atoms with Gasteiger partial charge in [-0.1, -0.05) is 30.3 Å². The molecule has 3 heteroatoms. The molecular formula is C13H8FNS. The van der Waals surface area contributed by atoms with Crippen LogP contribution in [-0.4, -0.2) is 4.98 Å². The highest BCUT2D eigenvalue weighted by atomic mass is 32.1. The minimum absolute atomic E-state index is 0.212. The second-order valence-corrected chi connectivity index (χ2v) is 4.53. The van der Waals surface area contributed by atoms with Crippen molar-refractivity contribution >= 4 is 21.6 Å². The molecule has 0 bridgehead atoms. The zero-order valence-corrected chi connectivity index (χ0v) is 9.17. The smallest absolute Gasteiger partial charge is 0.124 e. The molecule has 0 spiro atoms. The fourth-order valence-electron chi connectivity index (χ4n) is 1.60. The van der Waals surface area contributed by atoms with E-state index in [1.165, 1.54) is 23.5 Å². The molecule has 0 aliphatic rings. The molecule has 0 fully saturated rings. The number of nitrogens with zero attached hydrogens (tertiary/aromatic N) is 1. The van der Waals surface area contributed by atoms with Gasteiger partial charge in [-0.05, 0) is 18.2 Å². The van der Waals surface area contributed by atoms with Gasteiger partial charge >= 0.3 is 0 Å². The van der Waals surface area contributed by atoms with Crippen LogP contribution in [0.2, 0.25) is 0 Å². The number of thiazole rings is 1. The van der Waals surface area contributed by atoms with Crippen LogP contribution in [0.3, 0.4) is 0 Å². The van der Waals surface area contributed by atoms with Gasteiger partial charge < -0.3 is 0 Å². The Kier molecular flexibility index (Phi) is 2.18. The van der Waals surface area contributed by atoms with E-state index in [4.69, 9.17) is 0 Å². The van der Waals surface area contributed by atoms with Crippen molar-refractivity contribution in [2.24, 2.45) is 0 Å². The maximum absolute atomic E-state index is 13.0. The van der Waals surface area contributed by atoms with E-state index in [0.29, 0.717) is 0 Å².